The number of hydrogen-bond donors (Lipinski definition) is 2. The number of piperazine rings is 1. The molecule has 3 aliphatic rings. The third kappa shape index (κ3) is 3.36. The zero-order chi connectivity index (χ0) is 15.4. The van der Waals surface area contributed by atoms with Crippen LogP contribution in [0.15, 0.2) is 0 Å². The van der Waals surface area contributed by atoms with Crippen LogP contribution in [0.25, 0.3) is 0 Å². The van der Waals surface area contributed by atoms with Gasteiger partial charge in [0.15, 0.2) is 6.29 Å². The van der Waals surface area contributed by atoms with Gasteiger partial charge in [-0.1, -0.05) is 0 Å². The molecule has 3 heterocycles. The predicted molar refractivity (Wildman–Crippen MR) is 86.6 cm³/mol. The van der Waals surface area contributed by atoms with Gasteiger partial charge in [-0.25, -0.2) is 5.32 Å². The average molecular weight is 308 g/mol. The van der Waals surface area contributed by atoms with E-state index in [4.69, 9.17) is 5.73 Å². The summed E-state index contributed by atoms with van der Waals surface area (Å²) in [7, 11) is 0. The minimum atomic E-state index is -0.782. The highest BCUT2D eigenvalue weighted by Crippen LogP contribution is 2.28. The van der Waals surface area contributed by atoms with Crippen LogP contribution in [0.2, 0.25) is 0 Å². The number of aldehydes is 1. The lowest BCUT2D eigenvalue weighted by Crippen LogP contribution is -2.67. The molecule has 6 heteroatoms. The van der Waals surface area contributed by atoms with E-state index in [-0.39, 0.29) is 5.92 Å². The van der Waals surface area contributed by atoms with Gasteiger partial charge in [-0.15, -0.1) is 0 Å². The number of rotatable bonds is 4. The van der Waals surface area contributed by atoms with E-state index in [9.17, 15) is 4.79 Å². The molecule has 0 aromatic carbocycles. The molecule has 3 fully saturated rings. The SMILES string of the molecule is NC(C=O)(C1CC[N]CC1)N1CCN(C2CCNCC2)CC1. The third-order valence-corrected chi connectivity index (χ3v) is 5.80. The molecular formula is C16H30N5O. The summed E-state index contributed by atoms with van der Waals surface area (Å²) in [6, 6.07) is 0.709. The van der Waals surface area contributed by atoms with Gasteiger partial charge in [0.25, 0.3) is 0 Å². The fourth-order valence-electron chi connectivity index (χ4n) is 4.29. The van der Waals surface area contributed by atoms with Crippen molar-refractivity contribution in [2.45, 2.75) is 37.4 Å². The molecule has 3 saturated heterocycles. The van der Waals surface area contributed by atoms with Gasteiger partial charge >= 0.3 is 0 Å². The topological polar surface area (TPSA) is 75.7 Å². The molecule has 0 spiro atoms. The Kier molecular flexibility index (Phi) is 5.46. The van der Waals surface area contributed by atoms with Crippen LogP contribution >= 0.6 is 0 Å². The first kappa shape index (κ1) is 16.3. The van der Waals surface area contributed by atoms with Gasteiger partial charge in [0.2, 0.25) is 0 Å². The van der Waals surface area contributed by atoms with Crippen molar-refractivity contribution in [2.75, 3.05) is 52.4 Å². The molecule has 1 radical (unpaired) electrons. The summed E-state index contributed by atoms with van der Waals surface area (Å²) in [4.78, 5) is 16.6. The van der Waals surface area contributed by atoms with Gasteiger partial charge in [-0.3, -0.25) is 14.6 Å². The van der Waals surface area contributed by atoms with Crippen molar-refractivity contribution >= 4 is 6.29 Å². The lowest BCUT2D eigenvalue weighted by Gasteiger charge is -2.48. The molecule has 6 nitrogen and oxygen atoms in total. The fraction of sp³-hybridized carbons (Fsp3) is 0.938. The molecule has 3 N–H and O–H groups in total. The quantitative estimate of drug-likeness (QED) is 0.667. The van der Waals surface area contributed by atoms with Gasteiger partial charge < -0.3 is 11.1 Å². The first-order valence-corrected chi connectivity index (χ1v) is 8.82. The molecule has 0 amide bonds. The lowest BCUT2D eigenvalue weighted by molar-refractivity contribution is -0.125. The van der Waals surface area contributed by atoms with E-state index in [0.717, 1.165) is 71.5 Å². The normalized spacial score (nSPS) is 30.0. The van der Waals surface area contributed by atoms with Crippen molar-refractivity contribution < 1.29 is 4.79 Å². The van der Waals surface area contributed by atoms with Crippen LogP contribution < -0.4 is 16.4 Å². The Bertz CT molecular complexity index is 360. The molecule has 125 valence electrons. The predicted octanol–water partition coefficient (Wildman–Crippen LogP) is -0.776. The smallest absolute Gasteiger partial charge is 0.154 e. The summed E-state index contributed by atoms with van der Waals surface area (Å²) in [5.74, 6) is 0.257. The van der Waals surface area contributed by atoms with Crippen LogP contribution in [0, 0.1) is 5.92 Å². The van der Waals surface area contributed by atoms with Gasteiger partial charge in [-0.05, 0) is 44.7 Å². The zero-order valence-electron chi connectivity index (χ0n) is 13.5. The molecule has 1 unspecified atom stereocenters. The molecule has 1 atom stereocenters. The van der Waals surface area contributed by atoms with Crippen LogP contribution in [0.5, 0.6) is 0 Å². The van der Waals surface area contributed by atoms with E-state index < -0.39 is 5.66 Å². The molecule has 0 aromatic heterocycles. The van der Waals surface area contributed by atoms with Crippen molar-refractivity contribution in [1.29, 1.82) is 0 Å². The van der Waals surface area contributed by atoms with Crippen molar-refractivity contribution in [3.8, 4) is 0 Å². The van der Waals surface area contributed by atoms with Gasteiger partial charge in [0.1, 0.15) is 5.66 Å². The molecule has 3 aliphatic heterocycles. The first-order chi connectivity index (χ1) is 10.7. The zero-order valence-corrected chi connectivity index (χ0v) is 13.5. The monoisotopic (exact) mass is 308 g/mol. The Hall–Kier alpha value is -0.530. The number of hydrogen-bond acceptors (Lipinski definition) is 5. The van der Waals surface area contributed by atoms with E-state index in [1.165, 1.54) is 12.8 Å². The van der Waals surface area contributed by atoms with E-state index in [0.29, 0.717) is 6.04 Å². The lowest BCUT2D eigenvalue weighted by atomic mass is 9.84. The second kappa shape index (κ2) is 7.36. The summed E-state index contributed by atoms with van der Waals surface area (Å²) < 4.78 is 0. The van der Waals surface area contributed by atoms with Crippen molar-refractivity contribution in [3.05, 3.63) is 0 Å². The summed E-state index contributed by atoms with van der Waals surface area (Å²) in [6.45, 7) is 7.86. The third-order valence-electron chi connectivity index (χ3n) is 5.80. The molecule has 0 saturated carbocycles. The number of nitrogens with zero attached hydrogens (tertiary/aromatic N) is 3. The molecule has 0 bridgehead atoms. The second-order valence-corrected chi connectivity index (χ2v) is 6.95. The summed E-state index contributed by atoms with van der Waals surface area (Å²) in [5.41, 5.74) is 5.78. The number of nitrogens with one attached hydrogen (secondary N) is 1. The van der Waals surface area contributed by atoms with E-state index in [1.54, 1.807) is 0 Å². The van der Waals surface area contributed by atoms with Crippen molar-refractivity contribution in [2.24, 2.45) is 11.7 Å². The highest BCUT2D eigenvalue weighted by molar-refractivity contribution is 5.64. The highest BCUT2D eigenvalue weighted by atomic mass is 16.1. The summed E-state index contributed by atoms with van der Waals surface area (Å²) >= 11 is 0. The van der Waals surface area contributed by atoms with Crippen LogP contribution in [-0.2, 0) is 4.79 Å². The Morgan fingerprint density at radius 1 is 1.05 bits per heavy atom. The Balaban J connectivity index is 1.57. The van der Waals surface area contributed by atoms with Crippen LogP contribution in [-0.4, -0.2) is 80.1 Å². The fourth-order valence-corrected chi connectivity index (χ4v) is 4.29. The van der Waals surface area contributed by atoms with Gasteiger partial charge in [0.05, 0.1) is 0 Å². The summed E-state index contributed by atoms with van der Waals surface area (Å²) in [5, 5.41) is 7.82. The van der Waals surface area contributed by atoms with Crippen LogP contribution in [0.1, 0.15) is 25.7 Å². The minimum absolute atomic E-state index is 0.257. The number of carbonyl (C=O) groups is 1. The Morgan fingerprint density at radius 2 is 1.68 bits per heavy atom. The minimum Gasteiger partial charge on any atom is -0.317 e. The van der Waals surface area contributed by atoms with Crippen LogP contribution in [0.4, 0.5) is 0 Å². The number of piperidine rings is 2. The largest absolute Gasteiger partial charge is 0.317 e. The number of carbonyl (C=O) groups excluding carboxylic acids is 1. The number of nitrogens with two attached hydrogens (primary N) is 1. The maximum absolute atomic E-state index is 11.8. The molecule has 3 rings (SSSR count). The van der Waals surface area contributed by atoms with E-state index in [1.807, 2.05) is 0 Å². The maximum atomic E-state index is 11.8. The average Bonchev–Trinajstić information content (AvgIpc) is 2.63. The second-order valence-electron chi connectivity index (χ2n) is 6.95. The summed E-state index contributed by atoms with van der Waals surface area (Å²) in [6.07, 6.45) is 5.38. The Labute approximate surface area is 133 Å². The van der Waals surface area contributed by atoms with Gasteiger partial charge in [-0.2, -0.15) is 0 Å². The molecule has 22 heavy (non-hydrogen) atoms. The molecular weight excluding hydrogens is 278 g/mol. The van der Waals surface area contributed by atoms with E-state index >= 15 is 0 Å². The van der Waals surface area contributed by atoms with Crippen molar-refractivity contribution in [3.63, 3.8) is 0 Å². The van der Waals surface area contributed by atoms with Crippen molar-refractivity contribution in [1.82, 2.24) is 20.4 Å². The van der Waals surface area contributed by atoms with E-state index in [2.05, 4.69) is 20.4 Å². The maximum Gasteiger partial charge on any atom is 0.154 e. The van der Waals surface area contributed by atoms with Gasteiger partial charge in [0, 0.05) is 45.3 Å². The molecule has 0 aromatic rings. The molecule has 0 aliphatic carbocycles. The van der Waals surface area contributed by atoms with Crippen LogP contribution in [0.3, 0.4) is 0 Å². The Morgan fingerprint density at radius 3 is 2.27 bits per heavy atom. The standard InChI is InChI=1S/C16H30N5O/c17-16(13-22,14-1-5-18-6-2-14)21-11-9-20(10-12-21)15-3-7-19-8-4-15/h13-15,19H,1-12,17H2. The highest BCUT2D eigenvalue weighted by Gasteiger charge is 2.42. The first-order valence-electron chi connectivity index (χ1n) is 8.82.